The van der Waals surface area contributed by atoms with Crippen LogP contribution in [0.5, 0.6) is 0 Å². The topological polar surface area (TPSA) is 13.0 Å². The van der Waals surface area contributed by atoms with Crippen molar-refractivity contribution < 1.29 is 0 Å². The summed E-state index contributed by atoms with van der Waals surface area (Å²) in [5, 5.41) is 0. The van der Waals surface area contributed by atoms with Crippen molar-refractivity contribution in [2.45, 2.75) is 13.8 Å². The second-order valence-electron chi connectivity index (χ2n) is 4.01. The fourth-order valence-corrected chi connectivity index (χ4v) is 1.86. The van der Waals surface area contributed by atoms with Crippen molar-refractivity contribution in [3.05, 3.63) is 24.8 Å². The quantitative estimate of drug-likeness (QED) is 0.685. The summed E-state index contributed by atoms with van der Waals surface area (Å²) in [4.78, 5) is 9.26. The summed E-state index contributed by atoms with van der Waals surface area (Å²) < 4.78 is 0. The fraction of sp³-hybridized carbons (Fsp3) is 0.636. The Labute approximate surface area is 92.0 Å². The third kappa shape index (κ3) is 2.37. The Bertz CT molecular complexity index is 235. The predicted molar refractivity (Wildman–Crippen MR) is 61.3 cm³/mol. The van der Waals surface area contributed by atoms with Gasteiger partial charge in [-0.3, -0.25) is 0 Å². The van der Waals surface area contributed by atoms with Gasteiger partial charge in [0.15, 0.2) is 0 Å². The van der Waals surface area contributed by atoms with Gasteiger partial charge in [-0.15, -0.1) is 0 Å². The standard InChI is InChI=1S/C11H20N4/c1-3-12-5-7-14(9-12)11-15-8-6-13(4-2)10-15/h5-8H,3-4,9-11H2,1-2H3. The molecule has 0 radical (unpaired) electrons. The highest BCUT2D eigenvalue weighted by Gasteiger charge is 2.15. The van der Waals surface area contributed by atoms with Gasteiger partial charge in [-0.2, -0.15) is 0 Å². The first-order valence-corrected chi connectivity index (χ1v) is 5.64. The maximum absolute atomic E-state index is 2.33. The van der Waals surface area contributed by atoms with E-state index in [1.54, 1.807) is 0 Å². The summed E-state index contributed by atoms with van der Waals surface area (Å²) in [5.74, 6) is 0. The van der Waals surface area contributed by atoms with Gasteiger partial charge in [-0.1, -0.05) is 0 Å². The van der Waals surface area contributed by atoms with E-state index in [1.165, 1.54) is 0 Å². The highest BCUT2D eigenvalue weighted by molar-refractivity contribution is 4.94. The Kier molecular flexibility index (Phi) is 3.04. The number of hydrogen-bond donors (Lipinski definition) is 0. The van der Waals surface area contributed by atoms with Gasteiger partial charge in [0.25, 0.3) is 0 Å². The second kappa shape index (κ2) is 4.47. The van der Waals surface area contributed by atoms with Crippen LogP contribution in [0.2, 0.25) is 0 Å². The van der Waals surface area contributed by atoms with E-state index in [-0.39, 0.29) is 0 Å². The highest BCUT2D eigenvalue weighted by Crippen LogP contribution is 2.11. The molecule has 2 heterocycles. The van der Waals surface area contributed by atoms with Crippen molar-refractivity contribution in [1.82, 2.24) is 19.6 Å². The smallest absolute Gasteiger partial charge is 0.0927 e. The Morgan fingerprint density at radius 2 is 1.13 bits per heavy atom. The molecule has 0 amide bonds. The zero-order valence-corrected chi connectivity index (χ0v) is 9.63. The van der Waals surface area contributed by atoms with Crippen molar-refractivity contribution in [2.75, 3.05) is 33.1 Å². The molecule has 2 aliphatic rings. The molecule has 0 saturated heterocycles. The van der Waals surface area contributed by atoms with Gasteiger partial charge in [0.2, 0.25) is 0 Å². The molecule has 2 aliphatic heterocycles. The van der Waals surface area contributed by atoms with E-state index in [1.807, 2.05) is 0 Å². The van der Waals surface area contributed by atoms with Crippen molar-refractivity contribution in [3.63, 3.8) is 0 Å². The van der Waals surface area contributed by atoms with Crippen LogP contribution in [-0.4, -0.2) is 52.7 Å². The Balaban J connectivity index is 1.75. The van der Waals surface area contributed by atoms with Crippen LogP contribution in [0, 0.1) is 0 Å². The molecular formula is C11H20N4. The number of rotatable bonds is 4. The zero-order chi connectivity index (χ0) is 10.7. The molecule has 0 spiro atoms. The lowest BCUT2D eigenvalue weighted by molar-refractivity contribution is 0.167. The van der Waals surface area contributed by atoms with Crippen LogP contribution in [0.15, 0.2) is 24.8 Å². The van der Waals surface area contributed by atoms with Gasteiger partial charge in [0.05, 0.1) is 20.0 Å². The van der Waals surface area contributed by atoms with E-state index in [4.69, 9.17) is 0 Å². The highest BCUT2D eigenvalue weighted by atomic mass is 15.4. The van der Waals surface area contributed by atoms with Crippen molar-refractivity contribution in [1.29, 1.82) is 0 Å². The number of nitrogens with zero attached hydrogens (tertiary/aromatic N) is 4. The van der Waals surface area contributed by atoms with Gasteiger partial charge in [-0.05, 0) is 13.8 Å². The molecule has 4 nitrogen and oxygen atoms in total. The van der Waals surface area contributed by atoms with E-state index in [9.17, 15) is 0 Å². The summed E-state index contributed by atoms with van der Waals surface area (Å²) in [6.45, 7) is 9.57. The molecular weight excluding hydrogens is 188 g/mol. The Morgan fingerprint density at radius 3 is 1.47 bits per heavy atom. The minimum absolute atomic E-state index is 0.986. The minimum Gasteiger partial charge on any atom is -0.359 e. The maximum Gasteiger partial charge on any atom is 0.0927 e. The zero-order valence-electron chi connectivity index (χ0n) is 9.63. The van der Waals surface area contributed by atoms with E-state index >= 15 is 0 Å². The van der Waals surface area contributed by atoms with E-state index in [2.05, 4.69) is 58.2 Å². The largest absolute Gasteiger partial charge is 0.359 e. The van der Waals surface area contributed by atoms with Crippen LogP contribution >= 0.6 is 0 Å². The average Bonchev–Trinajstić information content (AvgIpc) is 2.87. The molecule has 0 bridgehead atoms. The Morgan fingerprint density at radius 1 is 0.733 bits per heavy atom. The van der Waals surface area contributed by atoms with Crippen LogP contribution < -0.4 is 0 Å². The summed E-state index contributed by atoms with van der Waals surface area (Å²) in [5.41, 5.74) is 0. The van der Waals surface area contributed by atoms with Crippen LogP contribution in [0.3, 0.4) is 0 Å². The minimum atomic E-state index is 0.986. The number of hydrogen-bond acceptors (Lipinski definition) is 4. The average molecular weight is 208 g/mol. The first-order chi connectivity index (χ1) is 7.31. The van der Waals surface area contributed by atoms with Gasteiger partial charge < -0.3 is 19.6 Å². The molecule has 4 heteroatoms. The second-order valence-corrected chi connectivity index (χ2v) is 4.01. The lowest BCUT2D eigenvalue weighted by Crippen LogP contribution is -2.35. The van der Waals surface area contributed by atoms with Gasteiger partial charge >= 0.3 is 0 Å². The lowest BCUT2D eigenvalue weighted by Gasteiger charge is -2.26. The van der Waals surface area contributed by atoms with Crippen LogP contribution in [0.1, 0.15) is 13.8 Å². The first-order valence-electron chi connectivity index (χ1n) is 5.64. The maximum atomic E-state index is 2.33. The van der Waals surface area contributed by atoms with Gasteiger partial charge in [0.1, 0.15) is 0 Å². The molecule has 0 aromatic heterocycles. The molecule has 2 rings (SSSR count). The van der Waals surface area contributed by atoms with Crippen molar-refractivity contribution in [3.8, 4) is 0 Å². The van der Waals surface area contributed by atoms with E-state index in [0.717, 1.165) is 33.1 Å². The molecule has 0 aliphatic carbocycles. The van der Waals surface area contributed by atoms with Gasteiger partial charge in [-0.25, -0.2) is 0 Å². The normalized spacial score (nSPS) is 19.9. The summed E-state index contributed by atoms with van der Waals surface area (Å²) in [6.07, 6.45) is 8.67. The molecule has 0 atom stereocenters. The SMILES string of the molecule is CCN1C=CN(CN2C=CN(CC)C2)C1. The third-order valence-corrected chi connectivity index (χ3v) is 2.88. The van der Waals surface area contributed by atoms with Crippen LogP contribution in [0.4, 0.5) is 0 Å². The Hall–Kier alpha value is -1.32. The fourth-order valence-electron chi connectivity index (χ4n) is 1.86. The van der Waals surface area contributed by atoms with Crippen LogP contribution in [0.25, 0.3) is 0 Å². The molecule has 0 saturated carbocycles. The van der Waals surface area contributed by atoms with Gasteiger partial charge in [0, 0.05) is 37.9 Å². The molecule has 0 unspecified atom stereocenters. The predicted octanol–water partition coefficient (Wildman–Crippen LogP) is 1.08. The molecule has 0 fully saturated rings. The van der Waals surface area contributed by atoms with Crippen LogP contribution in [-0.2, 0) is 0 Å². The first kappa shape index (κ1) is 10.2. The molecule has 84 valence electrons. The molecule has 0 aromatic carbocycles. The monoisotopic (exact) mass is 208 g/mol. The van der Waals surface area contributed by atoms with E-state index < -0.39 is 0 Å². The van der Waals surface area contributed by atoms with Crippen molar-refractivity contribution >= 4 is 0 Å². The molecule has 15 heavy (non-hydrogen) atoms. The molecule has 0 N–H and O–H groups in total. The summed E-state index contributed by atoms with van der Waals surface area (Å²) in [7, 11) is 0. The summed E-state index contributed by atoms with van der Waals surface area (Å²) >= 11 is 0. The summed E-state index contributed by atoms with van der Waals surface area (Å²) in [6, 6.07) is 0. The molecule has 0 aromatic rings. The lowest BCUT2D eigenvalue weighted by atomic mass is 10.6. The third-order valence-electron chi connectivity index (χ3n) is 2.88. The van der Waals surface area contributed by atoms with Crippen molar-refractivity contribution in [2.24, 2.45) is 0 Å². The van der Waals surface area contributed by atoms with E-state index in [0.29, 0.717) is 0 Å².